The van der Waals surface area contributed by atoms with Gasteiger partial charge in [0.15, 0.2) is 4.80 Å². The summed E-state index contributed by atoms with van der Waals surface area (Å²) in [6, 6.07) is 24.6. The quantitative estimate of drug-likeness (QED) is 0.221. The molecule has 0 unspecified atom stereocenters. The minimum atomic E-state index is -0.978. The molecule has 0 amide bonds. The first-order valence-corrected chi connectivity index (χ1v) is 15.4. The van der Waals surface area contributed by atoms with Gasteiger partial charge in [-0.3, -0.25) is 9.36 Å². The summed E-state index contributed by atoms with van der Waals surface area (Å²) < 4.78 is 19.2. The largest absolute Gasteiger partial charge is 0.496 e. The van der Waals surface area contributed by atoms with E-state index in [0.717, 1.165) is 21.9 Å². The van der Waals surface area contributed by atoms with Crippen LogP contribution in [0.15, 0.2) is 106 Å². The molecule has 0 fully saturated rings. The van der Waals surface area contributed by atoms with Gasteiger partial charge >= 0.3 is 11.9 Å². The predicted octanol–water partition coefficient (Wildman–Crippen LogP) is 5.24. The van der Waals surface area contributed by atoms with E-state index >= 15 is 0 Å². The van der Waals surface area contributed by atoms with Gasteiger partial charge in [-0.1, -0.05) is 65.9 Å². The maximum atomic E-state index is 14.2. The van der Waals surface area contributed by atoms with Crippen molar-refractivity contribution in [3.63, 3.8) is 0 Å². The Hall–Kier alpha value is -5.48. The molecule has 10 heteroatoms. The van der Waals surface area contributed by atoms with Crippen LogP contribution in [0.25, 0.3) is 16.8 Å². The first kappa shape index (κ1) is 30.5. The summed E-state index contributed by atoms with van der Waals surface area (Å²) in [6.07, 6.45) is 1.79. The van der Waals surface area contributed by atoms with Crippen LogP contribution < -0.4 is 24.4 Å². The third-order valence-electron chi connectivity index (χ3n) is 7.73. The smallest absolute Gasteiger partial charge is 0.338 e. The summed E-state index contributed by atoms with van der Waals surface area (Å²) in [5.41, 5.74) is 3.00. The number of hydrogen-bond donors (Lipinski definition) is 1. The predicted molar refractivity (Wildman–Crippen MR) is 175 cm³/mol. The van der Waals surface area contributed by atoms with E-state index in [1.165, 1.54) is 23.5 Å². The number of carboxylic acids is 1. The molecule has 0 radical (unpaired) electrons. The number of carbonyl (C=O) groups is 2. The number of ether oxygens (including phenoxy) is 3. The van der Waals surface area contributed by atoms with E-state index in [1.807, 2.05) is 48.5 Å². The zero-order valence-corrected chi connectivity index (χ0v) is 26.2. The average Bonchev–Trinajstić information content (AvgIpc) is 3.37. The number of esters is 1. The van der Waals surface area contributed by atoms with Crippen molar-refractivity contribution in [2.24, 2.45) is 4.99 Å². The highest BCUT2D eigenvalue weighted by atomic mass is 32.1. The Balaban J connectivity index is 1.39. The number of rotatable bonds is 9. The van der Waals surface area contributed by atoms with E-state index in [1.54, 1.807) is 55.9 Å². The second-order valence-corrected chi connectivity index (χ2v) is 11.6. The monoisotopic (exact) mass is 634 g/mol. The SMILES string of the molecule is CCOC(=O)C1=C(C)N=c2s/c(=C/c3ccc(OCc4ccc(C(=O)O)cc4)cc3)c(=O)n2[C@@H]1c1c(OC)ccc2ccccc12. The van der Waals surface area contributed by atoms with E-state index in [0.29, 0.717) is 32.1 Å². The number of thiazole rings is 1. The number of nitrogens with zero attached hydrogens (tertiary/aromatic N) is 2. The fraction of sp³-hybridized carbons (Fsp3) is 0.167. The van der Waals surface area contributed by atoms with Gasteiger partial charge in [-0.2, -0.15) is 0 Å². The molecule has 9 nitrogen and oxygen atoms in total. The van der Waals surface area contributed by atoms with E-state index in [-0.39, 0.29) is 29.9 Å². The van der Waals surface area contributed by atoms with E-state index < -0.39 is 18.0 Å². The Labute approximate surface area is 267 Å². The van der Waals surface area contributed by atoms with Crippen molar-refractivity contribution in [1.82, 2.24) is 4.57 Å². The molecule has 232 valence electrons. The van der Waals surface area contributed by atoms with E-state index in [9.17, 15) is 14.4 Å². The number of allylic oxidation sites excluding steroid dienone is 1. The summed E-state index contributed by atoms with van der Waals surface area (Å²) in [6.45, 7) is 3.95. The lowest BCUT2D eigenvalue weighted by Gasteiger charge is -2.27. The van der Waals surface area contributed by atoms with Gasteiger partial charge in [0.2, 0.25) is 0 Å². The summed E-state index contributed by atoms with van der Waals surface area (Å²) >= 11 is 1.25. The Morgan fingerprint density at radius 1 is 1.00 bits per heavy atom. The normalized spacial score (nSPS) is 14.5. The Kier molecular flexibility index (Phi) is 8.54. The van der Waals surface area contributed by atoms with Gasteiger partial charge in [0.1, 0.15) is 24.1 Å². The van der Waals surface area contributed by atoms with Crippen LogP contribution in [0.2, 0.25) is 0 Å². The summed E-state index contributed by atoms with van der Waals surface area (Å²) in [7, 11) is 1.57. The van der Waals surface area contributed by atoms with Crippen molar-refractivity contribution >= 4 is 40.1 Å². The minimum absolute atomic E-state index is 0.177. The number of carbonyl (C=O) groups excluding carboxylic acids is 1. The molecule has 1 aromatic heterocycles. The summed E-state index contributed by atoms with van der Waals surface area (Å²) in [5, 5.41) is 10.9. The lowest BCUT2D eigenvalue weighted by molar-refractivity contribution is -0.139. The molecule has 46 heavy (non-hydrogen) atoms. The van der Waals surface area contributed by atoms with Crippen LogP contribution in [0.5, 0.6) is 11.5 Å². The first-order valence-electron chi connectivity index (χ1n) is 14.6. The van der Waals surface area contributed by atoms with Gasteiger partial charge < -0.3 is 19.3 Å². The average molecular weight is 635 g/mol. The van der Waals surface area contributed by atoms with Gasteiger partial charge in [0.05, 0.1) is 35.1 Å². The molecule has 2 heterocycles. The Bertz CT molecular complexity index is 2180. The van der Waals surface area contributed by atoms with Crippen molar-refractivity contribution in [1.29, 1.82) is 0 Å². The molecular weight excluding hydrogens is 604 g/mol. The lowest BCUT2D eigenvalue weighted by atomic mass is 9.90. The standard InChI is InChI=1S/C36H30N2O7S/c1-4-44-35(42)30-21(2)37-36-38(32(30)31-27-8-6-5-7-24(27)15-18-28(31)43-3)33(39)29(46-36)19-22-11-16-26(17-12-22)45-20-23-9-13-25(14-10-23)34(40)41/h5-19,32H,4,20H2,1-3H3,(H,40,41)/b29-19+/t32-/m0/s1. The molecule has 1 aliphatic heterocycles. The van der Waals surface area contributed by atoms with Gasteiger partial charge in [-0.25, -0.2) is 14.6 Å². The topological polar surface area (TPSA) is 116 Å². The number of carboxylic acid groups (broad SMARTS) is 1. The number of aromatic carboxylic acids is 1. The number of benzene rings is 4. The molecule has 4 aromatic carbocycles. The molecule has 0 saturated carbocycles. The van der Waals surface area contributed by atoms with Crippen molar-refractivity contribution in [3.05, 3.63) is 138 Å². The van der Waals surface area contributed by atoms with Gasteiger partial charge in [-0.05, 0) is 72.2 Å². The van der Waals surface area contributed by atoms with Crippen LogP contribution in [0.3, 0.4) is 0 Å². The van der Waals surface area contributed by atoms with Crippen LogP contribution in [0.4, 0.5) is 0 Å². The minimum Gasteiger partial charge on any atom is -0.496 e. The fourth-order valence-corrected chi connectivity index (χ4v) is 6.57. The fourth-order valence-electron chi connectivity index (χ4n) is 5.52. The molecule has 0 saturated heterocycles. The molecule has 1 N–H and O–H groups in total. The van der Waals surface area contributed by atoms with Crippen LogP contribution in [-0.2, 0) is 16.1 Å². The van der Waals surface area contributed by atoms with E-state index in [2.05, 4.69) is 0 Å². The highest BCUT2D eigenvalue weighted by molar-refractivity contribution is 7.07. The van der Waals surface area contributed by atoms with Crippen molar-refractivity contribution < 1.29 is 28.9 Å². The highest BCUT2D eigenvalue weighted by Gasteiger charge is 2.36. The summed E-state index contributed by atoms with van der Waals surface area (Å²) in [4.78, 5) is 43.8. The maximum absolute atomic E-state index is 14.2. The molecule has 5 aromatic rings. The van der Waals surface area contributed by atoms with Crippen LogP contribution in [-0.4, -0.2) is 35.3 Å². The van der Waals surface area contributed by atoms with Crippen molar-refractivity contribution in [2.45, 2.75) is 26.5 Å². The van der Waals surface area contributed by atoms with Gasteiger partial charge in [0, 0.05) is 5.56 Å². The van der Waals surface area contributed by atoms with Crippen molar-refractivity contribution in [3.8, 4) is 11.5 Å². The Morgan fingerprint density at radius 3 is 2.43 bits per heavy atom. The molecule has 0 aliphatic carbocycles. The first-order chi connectivity index (χ1) is 22.3. The summed E-state index contributed by atoms with van der Waals surface area (Å²) in [5.74, 6) is -0.345. The second-order valence-electron chi connectivity index (χ2n) is 10.6. The zero-order chi connectivity index (χ0) is 32.4. The van der Waals surface area contributed by atoms with Gasteiger partial charge in [0.25, 0.3) is 5.56 Å². The second kappa shape index (κ2) is 12.9. The highest BCUT2D eigenvalue weighted by Crippen LogP contribution is 2.40. The lowest BCUT2D eigenvalue weighted by Crippen LogP contribution is -2.40. The molecule has 1 atom stereocenters. The zero-order valence-electron chi connectivity index (χ0n) is 25.4. The van der Waals surface area contributed by atoms with Crippen LogP contribution in [0, 0.1) is 0 Å². The van der Waals surface area contributed by atoms with Gasteiger partial charge in [-0.15, -0.1) is 0 Å². The number of aromatic nitrogens is 1. The van der Waals surface area contributed by atoms with Crippen molar-refractivity contribution in [2.75, 3.05) is 13.7 Å². The number of methoxy groups -OCH3 is 1. The molecular formula is C36H30N2O7S. The third kappa shape index (κ3) is 5.82. The Morgan fingerprint density at radius 2 is 1.74 bits per heavy atom. The third-order valence-corrected chi connectivity index (χ3v) is 8.71. The molecule has 1 aliphatic rings. The number of fused-ring (bicyclic) bond motifs is 2. The maximum Gasteiger partial charge on any atom is 0.338 e. The van der Waals surface area contributed by atoms with E-state index in [4.69, 9.17) is 24.3 Å². The molecule has 6 rings (SSSR count). The van der Waals surface area contributed by atoms with Crippen LogP contribution >= 0.6 is 11.3 Å². The molecule has 0 spiro atoms. The van der Waals surface area contributed by atoms with Crippen LogP contribution in [0.1, 0.15) is 46.9 Å². The number of hydrogen-bond acceptors (Lipinski definition) is 8. The molecule has 0 bridgehead atoms.